The third-order valence-corrected chi connectivity index (χ3v) is 1.46. The molecular formula is C10H8F2O2. The van der Waals surface area contributed by atoms with E-state index in [1.54, 1.807) is 0 Å². The van der Waals surface area contributed by atoms with Crippen molar-refractivity contribution in [1.29, 1.82) is 0 Å². The third-order valence-electron chi connectivity index (χ3n) is 1.46. The molecule has 74 valence electrons. The van der Waals surface area contributed by atoms with Crippen molar-refractivity contribution in [2.45, 2.75) is 0 Å². The molecule has 4 heteroatoms. The Morgan fingerprint density at radius 1 is 1.21 bits per heavy atom. The molecule has 0 aromatic heterocycles. The quantitative estimate of drug-likeness (QED) is 0.547. The molecule has 2 nitrogen and oxygen atoms in total. The van der Waals surface area contributed by atoms with Crippen LogP contribution in [0.5, 0.6) is 0 Å². The average molecular weight is 198 g/mol. The maximum absolute atomic E-state index is 12.6. The minimum Gasteiger partial charge on any atom is -0.464 e. The van der Waals surface area contributed by atoms with Gasteiger partial charge in [0.1, 0.15) is 18.2 Å². The van der Waals surface area contributed by atoms with Crippen molar-refractivity contribution in [1.82, 2.24) is 0 Å². The van der Waals surface area contributed by atoms with Crippen LogP contribution >= 0.6 is 0 Å². The van der Waals surface area contributed by atoms with Crippen molar-refractivity contribution in [2.75, 3.05) is 6.61 Å². The number of hydrogen-bond donors (Lipinski definition) is 0. The van der Waals surface area contributed by atoms with Crippen molar-refractivity contribution >= 4 is 12.5 Å². The maximum Gasteiger partial charge on any atom is 0.293 e. The molecule has 0 aliphatic heterocycles. The van der Waals surface area contributed by atoms with Gasteiger partial charge in [-0.15, -0.1) is 0 Å². The highest BCUT2D eigenvalue weighted by atomic mass is 19.1. The molecule has 1 aromatic rings. The van der Waals surface area contributed by atoms with Crippen LogP contribution in [0.2, 0.25) is 0 Å². The van der Waals surface area contributed by atoms with E-state index >= 15 is 0 Å². The van der Waals surface area contributed by atoms with E-state index in [4.69, 9.17) is 0 Å². The lowest BCUT2D eigenvalue weighted by Crippen LogP contribution is -1.86. The van der Waals surface area contributed by atoms with Gasteiger partial charge in [-0.2, -0.15) is 0 Å². The van der Waals surface area contributed by atoms with Crippen LogP contribution in [0.15, 0.2) is 24.3 Å². The number of rotatable bonds is 4. The number of halogens is 2. The van der Waals surface area contributed by atoms with Crippen LogP contribution < -0.4 is 0 Å². The number of ether oxygens (including phenoxy) is 1. The fourth-order valence-electron chi connectivity index (χ4n) is 0.950. The van der Waals surface area contributed by atoms with E-state index < -0.39 is 11.6 Å². The molecule has 0 spiro atoms. The summed E-state index contributed by atoms with van der Waals surface area (Å²) in [5.74, 6) is -1.28. The summed E-state index contributed by atoms with van der Waals surface area (Å²) in [5, 5.41) is 0. The van der Waals surface area contributed by atoms with E-state index in [9.17, 15) is 13.6 Å². The Morgan fingerprint density at radius 3 is 2.43 bits per heavy atom. The molecule has 1 aromatic carbocycles. The monoisotopic (exact) mass is 198 g/mol. The second-order valence-electron chi connectivity index (χ2n) is 2.53. The summed E-state index contributed by atoms with van der Waals surface area (Å²) in [4.78, 5) is 9.75. The Hall–Kier alpha value is -1.71. The molecular weight excluding hydrogens is 190 g/mol. The van der Waals surface area contributed by atoms with Gasteiger partial charge in [0.05, 0.1) is 0 Å². The Bertz CT molecular complexity index is 328. The zero-order valence-electron chi connectivity index (χ0n) is 7.24. The van der Waals surface area contributed by atoms with E-state index in [-0.39, 0.29) is 6.61 Å². The molecule has 0 fully saturated rings. The lowest BCUT2D eigenvalue weighted by Gasteiger charge is -1.95. The Labute approximate surface area is 79.8 Å². The molecule has 1 rings (SSSR count). The van der Waals surface area contributed by atoms with Gasteiger partial charge in [-0.1, -0.05) is 6.08 Å². The summed E-state index contributed by atoms with van der Waals surface area (Å²) in [6.45, 7) is 0.387. The minimum atomic E-state index is -0.638. The van der Waals surface area contributed by atoms with Crippen LogP contribution in [0, 0.1) is 11.6 Å². The summed E-state index contributed by atoms with van der Waals surface area (Å²) >= 11 is 0. The highest BCUT2D eigenvalue weighted by Gasteiger charge is 1.96. The maximum atomic E-state index is 12.6. The molecule has 0 radical (unpaired) electrons. The summed E-state index contributed by atoms with van der Waals surface area (Å²) in [5.41, 5.74) is 0.386. The average Bonchev–Trinajstić information content (AvgIpc) is 2.11. The van der Waals surface area contributed by atoms with Crippen LogP contribution in [0.1, 0.15) is 5.56 Å². The Kier molecular flexibility index (Phi) is 3.79. The van der Waals surface area contributed by atoms with Crippen LogP contribution in [-0.2, 0) is 9.53 Å². The van der Waals surface area contributed by atoms with E-state index in [1.165, 1.54) is 24.3 Å². The van der Waals surface area contributed by atoms with Crippen molar-refractivity contribution in [3.05, 3.63) is 41.5 Å². The summed E-state index contributed by atoms with van der Waals surface area (Å²) in [6.07, 6.45) is 2.96. The van der Waals surface area contributed by atoms with Gasteiger partial charge in [-0.05, 0) is 23.8 Å². The summed E-state index contributed by atoms with van der Waals surface area (Å²) in [6, 6.07) is 3.15. The largest absolute Gasteiger partial charge is 0.464 e. The van der Waals surface area contributed by atoms with Gasteiger partial charge in [0.25, 0.3) is 6.47 Å². The standard InChI is InChI=1S/C10H8F2O2/c11-9-4-8(5-10(12)6-9)2-1-3-14-7-13/h1-2,4-7H,3H2/b2-1+. The molecule has 0 N–H and O–H groups in total. The van der Waals surface area contributed by atoms with Gasteiger partial charge in [0.15, 0.2) is 0 Å². The van der Waals surface area contributed by atoms with Crippen LogP contribution in [0.25, 0.3) is 6.08 Å². The highest BCUT2D eigenvalue weighted by molar-refractivity contribution is 5.49. The SMILES string of the molecule is O=COC/C=C/c1cc(F)cc(F)c1. The van der Waals surface area contributed by atoms with Crippen LogP contribution in [-0.4, -0.2) is 13.1 Å². The topological polar surface area (TPSA) is 26.3 Å². The lowest BCUT2D eigenvalue weighted by atomic mass is 10.2. The van der Waals surface area contributed by atoms with Gasteiger partial charge < -0.3 is 4.74 Å². The first-order valence-electron chi connectivity index (χ1n) is 3.90. The summed E-state index contributed by atoms with van der Waals surface area (Å²) in [7, 11) is 0. The molecule has 0 saturated carbocycles. The normalized spacial score (nSPS) is 10.4. The van der Waals surface area contributed by atoms with Crippen molar-refractivity contribution < 1.29 is 18.3 Å². The number of carbonyl (C=O) groups excluding carboxylic acids is 1. The molecule has 0 heterocycles. The Balaban J connectivity index is 2.66. The van der Waals surface area contributed by atoms with Gasteiger partial charge in [0, 0.05) is 6.07 Å². The fraction of sp³-hybridized carbons (Fsp3) is 0.100. The Morgan fingerprint density at radius 2 is 1.86 bits per heavy atom. The second-order valence-corrected chi connectivity index (χ2v) is 2.53. The second kappa shape index (κ2) is 5.11. The van der Waals surface area contributed by atoms with Gasteiger partial charge in [0.2, 0.25) is 0 Å². The molecule has 0 atom stereocenters. The van der Waals surface area contributed by atoms with E-state index in [2.05, 4.69) is 4.74 Å². The van der Waals surface area contributed by atoms with Gasteiger partial charge in [-0.3, -0.25) is 4.79 Å². The lowest BCUT2D eigenvalue weighted by molar-refractivity contribution is -0.127. The zero-order chi connectivity index (χ0) is 10.4. The molecule has 0 aliphatic carbocycles. The van der Waals surface area contributed by atoms with Crippen molar-refractivity contribution in [2.24, 2.45) is 0 Å². The van der Waals surface area contributed by atoms with E-state index in [1.807, 2.05) is 0 Å². The molecule has 0 saturated heterocycles. The predicted molar refractivity (Wildman–Crippen MR) is 47.4 cm³/mol. The number of benzene rings is 1. The number of carbonyl (C=O) groups is 1. The minimum absolute atomic E-state index is 0.0850. The fourth-order valence-corrected chi connectivity index (χ4v) is 0.950. The first kappa shape index (κ1) is 10.4. The highest BCUT2D eigenvalue weighted by Crippen LogP contribution is 2.09. The number of hydrogen-bond acceptors (Lipinski definition) is 2. The summed E-state index contributed by atoms with van der Waals surface area (Å²) < 4.78 is 29.6. The first-order valence-corrected chi connectivity index (χ1v) is 3.90. The molecule has 0 unspecified atom stereocenters. The molecule has 0 amide bonds. The molecule has 0 bridgehead atoms. The first-order chi connectivity index (χ1) is 6.72. The van der Waals surface area contributed by atoms with Crippen LogP contribution in [0.4, 0.5) is 8.78 Å². The van der Waals surface area contributed by atoms with Crippen molar-refractivity contribution in [3.63, 3.8) is 0 Å². The van der Waals surface area contributed by atoms with E-state index in [0.717, 1.165) is 6.07 Å². The van der Waals surface area contributed by atoms with Gasteiger partial charge in [-0.25, -0.2) is 8.78 Å². The zero-order valence-corrected chi connectivity index (χ0v) is 7.24. The third kappa shape index (κ3) is 3.35. The van der Waals surface area contributed by atoms with Crippen LogP contribution in [0.3, 0.4) is 0 Å². The van der Waals surface area contributed by atoms with Gasteiger partial charge >= 0.3 is 0 Å². The van der Waals surface area contributed by atoms with E-state index in [0.29, 0.717) is 12.0 Å². The molecule has 0 aliphatic rings. The molecule has 14 heavy (non-hydrogen) atoms. The van der Waals surface area contributed by atoms with Crippen molar-refractivity contribution in [3.8, 4) is 0 Å². The predicted octanol–water partition coefficient (Wildman–Crippen LogP) is 2.15. The smallest absolute Gasteiger partial charge is 0.293 e.